The van der Waals surface area contributed by atoms with Gasteiger partial charge < -0.3 is 20.7 Å². The molecule has 0 aliphatic carbocycles. The molecule has 1 saturated heterocycles. The Kier molecular flexibility index (Phi) is 5.43. The van der Waals surface area contributed by atoms with Crippen molar-refractivity contribution in [1.29, 1.82) is 0 Å². The summed E-state index contributed by atoms with van der Waals surface area (Å²) in [5.41, 5.74) is 8.80. The first-order valence-corrected chi connectivity index (χ1v) is 8.70. The summed E-state index contributed by atoms with van der Waals surface area (Å²) in [6, 6.07) is 16.3. The number of urea groups is 1. The second-order valence-corrected chi connectivity index (χ2v) is 6.49. The summed E-state index contributed by atoms with van der Waals surface area (Å²) < 4.78 is 5.94. The molecule has 25 heavy (non-hydrogen) atoms. The number of anilines is 1. The normalized spacial score (nSPS) is 15.0. The number of amides is 2. The minimum absolute atomic E-state index is 0.329. The molecule has 0 unspecified atom stereocenters. The third kappa shape index (κ3) is 4.66. The number of likely N-dealkylation sites (tertiary alicyclic amines) is 1. The minimum Gasteiger partial charge on any atom is -0.489 e. The van der Waals surface area contributed by atoms with Gasteiger partial charge in [-0.3, -0.25) is 0 Å². The van der Waals surface area contributed by atoms with Crippen molar-refractivity contribution < 1.29 is 9.53 Å². The zero-order valence-electron chi connectivity index (χ0n) is 14.6. The number of nitrogens with zero attached hydrogens (tertiary/aromatic N) is 1. The molecule has 1 aliphatic rings. The van der Waals surface area contributed by atoms with Gasteiger partial charge in [-0.15, -0.1) is 0 Å². The second-order valence-electron chi connectivity index (χ2n) is 6.49. The van der Waals surface area contributed by atoms with Crippen LogP contribution in [0.15, 0.2) is 48.5 Å². The lowest BCUT2D eigenvalue weighted by Gasteiger charge is -2.31. The fourth-order valence-electron chi connectivity index (χ4n) is 3.09. The first-order chi connectivity index (χ1) is 12.1. The molecule has 0 spiro atoms. The van der Waals surface area contributed by atoms with Gasteiger partial charge in [0.1, 0.15) is 12.4 Å². The van der Waals surface area contributed by atoms with Crippen LogP contribution in [0.4, 0.5) is 10.5 Å². The Morgan fingerprint density at radius 1 is 1.20 bits per heavy atom. The maximum absolute atomic E-state index is 11.2. The fraction of sp³-hybridized carbons (Fsp3) is 0.350. The minimum atomic E-state index is -0.329. The van der Waals surface area contributed by atoms with Crippen LogP contribution >= 0.6 is 0 Å². The monoisotopic (exact) mass is 339 g/mol. The van der Waals surface area contributed by atoms with Crippen molar-refractivity contribution >= 4 is 11.7 Å². The van der Waals surface area contributed by atoms with E-state index in [4.69, 9.17) is 10.5 Å². The van der Waals surface area contributed by atoms with Crippen LogP contribution in [0.5, 0.6) is 5.75 Å². The number of piperidine rings is 1. The number of hydrogen-bond acceptors (Lipinski definition) is 3. The van der Waals surface area contributed by atoms with Crippen LogP contribution in [-0.4, -0.2) is 30.1 Å². The zero-order chi connectivity index (χ0) is 17.6. The van der Waals surface area contributed by atoms with Crippen molar-refractivity contribution in [2.45, 2.75) is 32.4 Å². The Hall–Kier alpha value is -2.69. The number of primary amides is 1. The molecule has 5 heteroatoms. The Morgan fingerprint density at radius 2 is 1.96 bits per heavy atom. The predicted molar refractivity (Wildman–Crippen MR) is 99.8 cm³/mol. The number of benzene rings is 2. The molecule has 3 N–H and O–H groups in total. The van der Waals surface area contributed by atoms with E-state index >= 15 is 0 Å². The average Bonchev–Trinajstić information content (AvgIpc) is 2.62. The number of aryl methyl sites for hydroxylation is 1. The van der Waals surface area contributed by atoms with Crippen LogP contribution < -0.4 is 15.8 Å². The van der Waals surface area contributed by atoms with Crippen molar-refractivity contribution in [2.24, 2.45) is 5.73 Å². The quantitative estimate of drug-likeness (QED) is 0.876. The number of nitrogens with two attached hydrogens (primary N) is 1. The molecule has 0 radical (unpaired) electrons. The molecule has 0 bridgehead atoms. The number of ether oxygens (including phenoxy) is 1. The maximum atomic E-state index is 11.2. The predicted octanol–water partition coefficient (Wildman–Crippen LogP) is 3.53. The Bertz CT molecular complexity index is 724. The van der Waals surface area contributed by atoms with E-state index in [9.17, 15) is 4.79 Å². The molecule has 2 amide bonds. The SMILES string of the molecule is Cc1ccccc1COc1cccc(NC2CCN(C(N)=O)CC2)c1. The Balaban J connectivity index is 1.55. The zero-order valence-corrected chi connectivity index (χ0v) is 14.6. The molecule has 0 saturated carbocycles. The molecule has 1 aliphatic heterocycles. The van der Waals surface area contributed by atoms with Gasteiger partial charge >= 0.3 is 6.03 Å². The van der Waals surface area contributed by atoms with Gasteiger partial charge in [-0.25, -0.2) is 4.79 Å². The van der Waals surface area contributed by atoms with E-state index in [0.717, 1.165) is 24.3 Å². The summed E-state index contributed by atoms with van der Waals surface area (Å²) in [5, 5.41) is 3.53. The van der Waals surface area contributed by atoms with E-state index in [1.165, 1.54) is 11.1 Å². The smallest absolute Gasteiger partial charge is 0.314 e. The van der Waals surface area contributed by atoms with Crippen LogP contribution in [0, 0.1) is 6.92 Å². The molecule has 3 rings (SSSR count). The highest BCUT2D eigenvalue weighted by atomic mass is 16.5. The van der Waals surface area contributed by atoms with Gasteiger partial charge in [-0.05, 0) is 43.0 Å². The summed E-state index contributed by atoms with van der Waals surface area (Å²) in [7, 11) is 0. The molecule has 0 atom stereocenters. The molecule has 1 fully saturated rings. The maximum Gasteiger partial charge on any atom is 0.314 e. The highest BCUT2D eigenvalue weighted by molar-refractivity contribution is 5.72. The number of nitrogens with one attached hydrogen (secondary N) is 1. The van der Waals surface area contributed by atoms with Gasteiger partial charge in [-0.1, -0.05) is 30.3 Å². The molecule has 0 aromatic heterocycles. The summed E-state index contributed by atoms with van der Waals surface area (Å²) in [5.74, 6) is 0.850. The van der Waals surface area contributed by atoms with Crippen molar-refractivity contribution in [1.82, 2.24) is 4.90 Å². The van der Waals surface area contributed by atoms with E-state index < -0.39 is 0 Å². The first-order valence-electron chi connectivity index (χ1n) is 8.70. The standard InChI is InChI=1S/C20H25N3O2/c1-15-5-2-3-6-16(15)14-25-19-8-4-7-18(13-19)22-17-9-11-23(12-10-17)20(21)24/h2-8,13,17,22H,9-12,14H2,1H3,(H2,21,24). The lowest BCUT2D eigenvalue weighted by Crippen LogP contribution is -2.44. The number of carbonyl (C=O) groups is 1. The summed E-state index contributed by atoms with van der Waals surface area (Å²) in [6.45, 7) is 4.06. The number of rotatable bonds is 5. The molecule has 2 aromatic rings. The largest absolute Gasteiger partial charge is 0.489 e. The van der Waals surface area contributed by atoms with E-state index in [1.807, 2.05) is 36.4 Å². The van der Waals surface area contributed by atoms with Crippen molar-refractivity contribution in [3.8, 4) is 5.75 Å². The third-order valence-electron chi connectivity index (χ3n) is 4.67. The second kappa shape index (κ2) is 7.92. The fourth-order valence-corrected chi connectivity index (χ4v) is 3.09. The first kappa shape index (κ1) is 17.1. The molecule has 2 aromatic carbocycles. The molecule has 5 nitrogen and oxygen atoms in total. The molecule has 132 valence electrons. The van der Waals surface area contributed by atoms with Crippen LogP contribution in [0.3, 0.4) is 0 Å². The van der Waals surface area contributed by atoms with E-state index in [-0.39, 0.29) is 6.03 Å². The van der Waals surface area contributed by atoms with Gasteiger partial charge in [0.2, 0.25) is 0 Å². The lowest BCUT2D eigenvalue weighted by atomic mass is 10.0. The molecule has 1 heterocycles. The topological polar surface area (TPSA) is 67.6 Å². The Labute approximate surface area is 148 Å². The lowest BCUT2D eigenvalue weighted by molar-refractivity contribution is 0.193. The van der Waals surface area contributed by atoms with Gasteiger partial charge in [0.05, 0.1) is 0 Å². The number of hydrogen-bond donors (Lipinski definition) is 2. The van der Waals surface area contributed by atoms with Crippen LogP contribution in [0.1, 0.15) is 24.0 Å². The summed E-state index contributed by atoms with van der Waals surface area (Å²) in [6.07, 6.45) is 1.80. The van der Waals surface area contributed by atoms with Crippen molar-refractivity contribution in [3.63, 3.8) is 0 Å². The average molecular weight is 339 g/mol. The van der Waals surface area contributed by atoms with Crippen LogP contribution in [0.25, 0.3) is 0 Å². The van der Waals surface area contributed by atoms with Crippen LogP contribution in [0.2, 0.25) is 0 Å². The highest BCUT2D eigenvalue weighted by Crippen LogP contribution is 2.22. The molecular weight excluding hydrogens is 314 g/mol. The third-order valence-corrected chi connectivity index (χ3v) is 4.67. The van der Waals surface area contributed by atoms with E-state index in [1.54, 1.807) is 4.90 Å². The highest BCUT2D eigenvalue weighted by Gasteiger charge is 2.20. The number of carbonyl (C=O) groups excluding carboxylic acids is 1. The Morgan fingerprint density at radius 3 is 2.68 bits per heavy atom. The van der Waals surface area contributed by atoms with Crippen molar-refractivity contribution in [2.75, 3.05) is 18.4 Å². The van der Waals surface area contributed by atoms with Gasteiger partial charge in [0.15, 0.2) is 0 Å². The summed E-state index contributed by atoms with van der Waals surface area (Å²) >= 11 is 0. The van der Waals surface area contributed by atoms with E-state index in [2.05, 4.69) is 24.4 Å². The van der Waals surface area contributed by atoms with E-state index in [0.29, 0.717) is 25.7 Å². The van der Waals surface area contributed by atoms with Gasteiger partial charge in [-0.2, -0.15) is 0 Å². The van der Waals surface area contributed by atoms with Crippen molar-refractivity contribution in [3.05, 3.63) is 59.7 Å². The summed E-state index contributed by atoms with van der Waals surface area (Å²) in [4.78, 5) is 12.9. The van der Waals surface area contributed by atoms with Crippen LogP contribution in [-0.2, 0) is 6.61 Å². The van der Waals surface area contributed by atoms with Gasteiger partial charge in [0, 0.05) is 30.9 Å². The van der Waals surface area contributed by atoms with Gasteiger partial charge in [0.25, 0.3) is 0 Å². The molecular formula is C20H25N3O2.